The fourth-order valence-corrected chi connectivity index (χ4v) is 3.55. The molecule has 0 aliphatic carbocycles. The number of nitrogens with two attached hydrogens (primary N) is 1. The number of nitrogens with one attached hydrogen (secondary N) is 1. The van der Waals surface area contributed by atoms with Gasteiger partial charge in [0.05, 0.1) is 17.9 Å². The largest absolute Gasteiger partial charge is 0.339 e. The average molecular weight is 404 g/mol. The third-order valence-corrected chi connectivity index (χ3v) is 5.15. The summed E-state index contributed by atoms with van der Waals surface area (Å²) in [5, 5.41) is 7.56. The van der Waals surface area contributed by atoms with Crippen molar-refractivity contribution in [2.24, 2.45) is 5.73 Å². The van der Waals surface area contributed by atoms with Gasteiger partial charge in [-0.3, -0.25) is 9.80 Å². The van der Waals surface area contributed by atoms with Gasteiger partial charge < -0.3 is 16.0 Å². The number of anilines is 2. The molecule has 2 aliphatic heterocycles. The first-order valence-corrected chi connectivity index (χ1v) is 8.83. The van der Waals surface area contributed by atoms with E-state index in [1.165, 1.54) is 6.07 Å². The summed E-state index contributed by atoms with van der Waals surface area (Å²) in [6, 6.07) is 12.1. The van der Waals surface area contributed by atoms with Crippen LogP contribution in [-0.4, -0.2) is 43.1 Å². The summed E-state index contributed by atoms with van der Waals surface area (Å²) in [6.45, 7) is 1.26. The third kappa shape index (κ3) is 3.32. The summed E-state index contributed by atoms with van der Waals surface area (Å²) < 4.78 is 14.2. The number of halogens is 2. The first kappa shape index (κ1) is 20.1. The van der Waals surface area contributed by atoms with E-state index in [0.717, 1.165) is 29.3 Å². The zero-order valence-corrected chi connectivity index (χ0v) is 16.6. The molecule has 3 N–H and O–H groups in total. The van der Waals surface area contributed by atoms with Crippen LogP contribution in [0.5, 0.6) is 0 Å². The van der Waals surface area contributed by atoms with E-state index >= 15 is 0 Å². The minimum absolute atomic E-state index is 0. The number of benzene rings is 2. The lowest BCUT2D eigenvalue weighted by Crippen LogP contribution is -2.35. The maximum absolute atomic E-state index is 14.2. The standard InChI is InChI=1S/C20H22FN5O.ClH/c1-24-11-15-12-26(20(27)13-7-8-14(10-22)16(21)9-13)18-6-4-3-5-17(18)23-19(15)25(24)2;/h3-9,23H,10-12,22H2,1-2H3;1H. The molecule has 0 aromatic heterocycles. The van der Waals surface area contributed by atoms with E-state index in [0.29, 0.717) is 17.7 Å². The van der Waals surface area contributed by atoms with Crippen LogP contribution in [0.1, 0.15) is 15.9 Å². The fourth-order valence-electron chi connectivity index (χ4n) is 3.55. The van der Waals surface area contributed by atoms with Gasteiger partial charge in [0.2, 0.25) is 0 Å². The van der Waals surface area contributed by atoms with Crippen LogP contribution < -0.4 is 16.0 Å². The highest BCUT2D eigenvalue weighted by Crippen LogP contribution is 2.35. The summed E-state index contributed by atoms with van der Waals surface area (Å²) in [6.07, 6.45) is 0. The molecular weight excluding hydrogens is 381 g/mol. The van der Waals surface area contributed by atoms with E-state index in [1.54, 1.807) is 17.0 Å². The zero-order chi connectivity index (χ0) is 19.1. The van der Waals surface area contributed by atoms with Crippen molar-refractivity contribution in [3.8, 4) is 0 Å². The number of likely N-dealkylation sites (N-methyl/N-ethyl adjacent to an activating group) is 1. The van der Waals surface area contributed by atoms with Crippen LogP contribution in [0.15, 0.2) is 53.9 Å². The van der Waals surface area contributed by atoms with Crippen LogP contribution in [-0.2, 0) is 6.54 Å². The highest BCUT2D eigenvalue weighted by atomic mass is 35.5. The number of para-hydroxylation sites is 2. The molecule has 148 valence electrons. The van der Waals surface area contributed by atoms with Gasteiger partial charge in [0.25, 0.3) is 5.91 Å². The van der Waals surface area contributed by atoms with Gasteiger partial charge in [-0.05, 0) is 24.3 Å². The van der Waals surface area contributed by atoms with E-state index < -0.39 is 5.82 Å². The molecule has 0 radical (unpaired) electrons. The van der Waals surface area contributed by atoms with Crippen LogP contribution in [0, 0.1) is 5.82 Å². The first-order valence-electron chi connectivity index (χ1n) is 8.83. The van der Waals surface area contributed by atoms with E-state index in [9.17, 15) is 9.18 Å². The van der Waals surface area contributed by atoms with E-state index in [4.69, 9.17) is 5.73 Å². The smallest absolute Gasteiger partial charge is 0.258 e. The molecule has 4 rings (SSSR count). The minimum Gasteiger partial charge on any atom is -0.339 e. The Morgan fingerprint density at radius 3 is 2.64 bits per heavy atom. The van der Waals surface area contributed by atoms with Crippen molar-refractivity contribution in [2.45, 2.75) is 6.54 Å². The Bertz CT molecular complexity index is 948. The lowest BCUT2D eigenvalue weighted by Gasteiger charge is -2.27. The van der Waals surface area contributed by atoms with Crippen LogP contribution in [0.25, 0.3) is 0 Å². The first-order chi connectivity index (χ1) is 13.0. The zero-order valence-electron chi connectivity index (χ0n) is 15.8. The molecule has 1 amide bonds. The normalized spacial score (nSPS) is 16.1. The maximum Gasteiger partial charge on any atom is 0.258 e. The van der Waals surface area contributed by atoms with E-state index in [-0.39, 0.29) is 24.9 Å². The van der Waals surface area contributed by atoms with E-state index in [1.807, 2.05) is 43.4 Å². The number of carbonyl (C=O) groups excluding carboxylic acids is 1. The van der Waals surface area contributed by atoms with Gasteiger partial charge in [-0.25, -0.2) is 9.40 Å². The molecule has 8 heteroatoms. The molecule has 0 fully saturated rings. The molecule has 2 aliphatic rings. The topological polar surface area (TPSA) is 64.8 Å². The number of hydrazine groups is 1. The van der Waals surface area contributed by atoms with E-state index in [2.05, 4.69) is 10.3 Å². The second-order valence-electron chi connectivity index (χ2n) is 6.84. The highest BCUT2D eigenvalue weighted by Gasteiger charge is 2.32. The Morgan fingerprint density at radius 2 is 1.93 bits per heavy atom. The number of hydrogen-bond donors (Lipinski definition) is 2. The lowest BCUT2D eigenvalue weighted by molar-refractivity contribution is 0.0983. The molecule has 2 aromatic rings. The van der Waals surface area contributed by atoms with Crippen molar-refractivity contribution in [1.29, 1.82) is 0 Å². The quantitative estimate of drug-likeness (QED) is 0.807. The number of rotatable bonds is 2. The number of hydrogen-bond acceptors (Lipinski definition) is 5. The van der Waals surface area contributed by atoms with Crippen molar-refractivity contribution in [3.05, 3.63) is 70.8 Å². The van der Waals surface area contributed by atoms with Gasteiger partial charge >= 0.3 is 0 Å². The summed E-state index contributed by atoms with van der Waals surface area (Å²) in [5.74, 6) is 0.285. The third-order valence-electron chi connectivity index (χ3n) is 5.15. The van der Waals surface area contributed by atoms with Crippen LogP contribution >= 0.6 is 12.4 Å². The Kier molecular flexibility index (Phi) is 5.60. The second kappa shape index (κ2) is 7.79. The monoisotopic (exact) mass is 403 g/mol. The van der Waals surface area contributed by atoms with Crippen LogP contribution in [0.4, 0.5) is 15.8 Å². The van der Waals surface area contributed by atoms with Crippen molar-refractivity contribution >= 4 is 29.7 Å². The van der Waals surface area contributed by atoms with Crippen LogP contribution in [0.2, 0.25) is 0 Å². The summed E-state index contributed by atoms with van der Waals surface area (Å²) in [7, 11) is 3.98. The Morgan fingerprint density at radius 1 is 1.18 bits per heavy atom. The number of carbonyl (C=O) groups is 1. The minimum atomic E-state index is -0.454. The van der Waals surface area contributed by atoms with Gasteiger partial charge in [-0.15, -0.1) is 12.4 Å². The predicted octanol–water partition coefficient (Wildman–Crippen LogP) is 2.78. The van der Waals surface area contributed by atoms with Crippen molar-refractivity contribution in [3.63, 3.8) is 0 Å². The molecule has 0 saturated heterocycles. The summed E-state index contributed by atoms with van der Waals surface area (Å²) >= 11 is 0. The van der Waals surface area contributed by atoms with Gasteiger partial charge in [0.15, 0.2) is 0 Å². The van der Waals surface area contributed by atoms with Gasteiger partial charge in [0.1, 0.15) is 11.6 Å². The van der Waals surface area contributed by atoms with Crippen molar-refractivity contribution in [2.75, 3.05) is 37.4 Å². The van der Waals surface area contributed by atoms with Gasteiger partial charge in [-0.1, -0.05) is 18.2 Å². The number of nitrogens with zero attached hydrogens (tertiary/aromatic N) is 3. The molecule has 2 heterocycles. The number of fused-ring (bicyclic) bond motifs is 1. The highest BCUT2D eigenvalue weighted by molar-refractivity contribution is 6.08. The average Bonchev–Trinajstić information content (AvgIpc) is 2.84. The Balaban J connectivity index is 0.00000225. The Hall–Kier alpha value is -2.61. The predicted molar refractivity (Wildman–Crippen MR) is 111 cm³/mol. The molecule has 0 bridgehead atoms. The molecule has 0 spiro atoms. The Labute approximate surface area is 169 Å². The van der Waals surface area contributed by atoms with Crippen molar-refractivity contribution in [1.82, 2.24) is 10.0 Å². The molecule has 2 aromatic carbocycles. The molecular formula is C20H23ClFN5O. The van der Waals surface area contributed by atoms with Crippen molar-refractivity contribution < 1.29 is 9.18 Å². The fraction of sp³-hybridized carbons (Fsp3) is 0.250. The summed E-state index contributed by atoms with van der Waals surface area (Å²) in [4.78, 5) is 15.0. The summed E-state index contributed by atoms with van der Waals surface area (Å²) in [5.41, 5.74) is 8.95. The molecule has 6 nitrogen and oxygen atoms in total. The molecule has 28 heavy (non-hydrogen) atoms. The SMILES string of the molecule is CN1CC2=C(Nc3ccccc3N(C(=O)c3ccc(CN)c(F)c3)C2)N1C.Cl. The lowest BCUT2D eigenvalue weighted by atomic mass is 10.1. The number of amides is 1. The second-order valence-corrected chi connectivity index (χ2v) is 6.84. The van der Waals surface area contributed by atoms with Gasteiger partial charge in [-0.2, -0.15) is 0 Å². The maximum atomic E-state index is 14.2. The molecule has 0 atom stereocenters. The van der Waals surface area contributed by atoms with Crippen LogP contribution in [0.3, 0.4) is 0 Å². The molecule has 0 saturated carbocycles. The molecule has 0 unspecified atom stereocenters. The van der Waals surface area contributed by atoms with Gasteiger partial charge in [0, 0.05) is 43.9 Å².